The standard InChI is InChI=1S/C13H16F2N2O3S/c14-13(15)21(19,20)11-5-3-9(4-6-11)16-8-7-12(18)17-10-1-2-10/h3-6,10,13,16H,1-2,7-8H2,(H,17,18). The lowest BCUT2D eigenvalue weighted by Crippen LogP contribution is -2.27. The number of benzene rings is 1. The molecule has 0 saturated heterocycles. The number of nitrogens with one attached hydrogen (secondary N) is 2. The molecule has 1 fully saturated rings. The van der Waals surface area contributed by atoms with E-state index in [-0.39, 0.29) is 5.91 Å². The topological polar surface area (TPSA) is 75.3 Å². The average Bonchev–Trinajstić information content (AvgIpc) is 3.23. The number of carbonyl (C=O) groups is 1. The van der Waals surface area contributed by atoms with Gasteiger partial charge in [0.15, 0.2) is 0 Å². The Morgan fingerprint density at radius 3 is 2.38 bits per heavy atom. The van der Waals surface area contributed by atoms with Crippen molar-refractivity contribution in [3.63, 3.8) is 0 Å². The van der Waals surface area contributed by atoms with Crippen molar-refractivity contribution in [3.05, 3.63) is 24.3 Å². The van der Waals surface area contributed by atoms with Crippen LogP contribution in [0, 0.1) is 0 Å². The Morgan fingerprint density at radius 1 is 1.24 bits per heavy atom. The van der Waals surface area contributed by atoms with E-state index >= 15 is 0 Å². The third kappa shape index (κ3) is 4.38. The number of sulfone groups is 1. The molecule has 116 valence electrons. The Kier molecular flexibility index (Phi) is 4.76. The molecule has 1 aromatic rings. The predicted octanol–water partition coefficient (Wildman–Crippen LogP) is 1.76. The zero-order valence-corrected chi connectivity index (χ0v) is 12.0. The van der Waals surface area contributed by atoms with Gasteiger partial charge in [0, 0.05) is 24.7 Å². The van der Waals surface area contributed by atoms with E-state index < -0.39 is 20.5 Å². The van der Waals surface area contributed by atoms with Gasteiger partial charge in [-0.25, -0.2) is 8.42 Å². The van der Waals surface area contributed by atoms with E-state index in [2.05, 4.69) is 10.6 Å². The zero-order valence-electron chi connectivity index (χ0n) is 11.2. The minimum atomic E-state index is -4.56. The van der Waals surface area contributed by atoms with Crippen molar-refractivity contribution in [2.45, 2.75) is 36.0 Å². The number of hydrogen-bond donors (Lipinski definition) is 2. The van der Waals surface area contributed by atoms with Gasteiger partial charge < -0.3 is 10.6 Å². The van der Waals surface area contributed by atoms with Gasteiger partial charge in [0.05, 0.1) is 4.90 Å². The second kappa shape index (κ2) is 6.38. The maximum atomic E-state index is 12.4. The summed E-state index contributed by atoms with van der Waals surface area (Å²) in [6, 6.07) is 5.35. The SMILES string of the molecule is O=C(CCNc1ccc(S(=O)(=O)C(F)F)cc1)NC1CC1. The molecule has 0 bridgehead atoms. The fraction of sp³-hybridized carbons (Fsp3) is 0.462. The third-order valence-electron chi connectivity index (χ3n) is 3.04. The van der Waals surface area contributed by atoms with Gasteiger partial charge in [0.1, 0.15) is 0 Å². The highest BCUT2D eigenvalue weighted by Crippen LogP contribution is 2.20. The molecule has 0 unspecified atom stereocenters. The van der Waals surface area contributed by atoms with E-state index in [4.69, 9.17) is 0 Å². The summed E-state index contributed by atoms with van der Waals surface area (Å²) in [7, 11) is -4.56. The Balaban J connectivity index is 1.83. The molecule has 0 atom stereocenters. The molecule has 0 radical (unpaired) electrons. The molecule has 21 heavy (non-hydrogen) atoms. The van der Waals surface area contributed by atoms with Crippen LogP contribution >= 0.6 is 0 Å². The summed E-state index contributed by atoms with van der Waals surface area (Å²) in [5, 5.41) is 5.77. The van der Waals surface area contributed by atoms with E-state index in [1.807, 2.05) is 0 Å². The molecule has 1 aromatic carbocycles. The van der Waals surface area contributed by atoms with Crippen LogP contribution in [0.5, 0.6) is 0 Å². The van der Waals surface area contributed by atoms with Gasteiger partial charge in [-0.3, -0.25) is 4.79 Å². The molecule has 1 amide bonds. The van der Waals surface area contributed by atoms with Crippen LogP contribution in [0.2, 0.25) is 0 Å². The van der Waals surface area contributed by atoms with Gasteiger partial charge >= 0.3 is 5.76 Å². The highest BCUT2D eigenvalue weighted by Gasteiger charge is 2.26. The quantitative estimate of drug-likeness (QED) is 0.803. The van der Waals surface area contributed by atoms with Gasteiger partial charge in [0.25, 0.3) is 0 Å². The van der Waals surface area contributed by atoms with Crippen LogP contribution in [0.25, 0.3) is 0 Å². The number of anilines is 1. The van der Waals surface area contributed by atoms with E-state index in [9.17, 15) is 22.0 Å². The lowest BCUT2D eigenvalue weighted by atomic mass is 10.3. The molecule has 0 aliphatic heterocycles. The first kappa shape index (κ1) is 15.7. The summed E-state index contributed by atoms with van der Waals surface area (Å²) in [4.78, 5) is 11.0. The molecule has 5 nitrogen and oxygen atoms in total. The Labute approximate surface area is 121 Å². The van der Waals surface area contributed by atoms with Crippen molar-refractivity contribution in [1.82, 2.24) is 5.32 Å². The van der Waals surface area contributed by atoms with Crippen LogP contribution < -0.4 is 10.6 Å². The second-order valence-corrected chi connectivity index (χ2v) is 6.77. The molecular formula is C13H16F2N2O3S. The lowest BCUT2D eigenvalue weighted by molar-refractivity contribution is -0.120. The Bertz CT molecular complexity index is 598. The molecule has 1 saturated carbocycles. The molecule has 2 rings (SSSR count). The van der Waals surface area contributed by atoms with Crippen molar-refractivity contribution in [2.24, 2.45) is 0 Å². The largest absolute Gasteiger partial charge is 0.385 e. The number of hydrogen-bond acceptors (Lipinski definition) is 4. The Morgan fingerprint density at radius 2 is 1.86 bits per heavy atom. The van der Waals surface area contributed by atoms with Crippen molar-refractivity contribution < 1.29 is 22.0 Å². The van der Waals surface area contributed by atoms with Crippen LogP contribution in [0.1, 0.15) is 19.3 Å². The van der Waals surface area contributed by atoms with Crippen LogP contribution in [-0.2, 0) is 14.6 Å². The van der Waals surface area contributed by atoms with Crippen LogP contribution in [0.3, 0.4) is 0 Å². The van der Waals surface area contributed by atoms with Gasteiger partial charge in [-0.1, -0.05) is 0 Å². The summed E-state index contributed by atoms with van der Waals surface area (Å²) in [5.74, 6) is -3.47. The summed E-state index contributed by atoms with van der Waals surface area (Å²) >= 11 is 0. The van der Waals surface area contributed by atoms with E-state index in [1.54, 1.807) is 0 Å². The zero-order chi connectivity index (χ0) is 15.5. The third-order valence-corrected chi connectivity index (χ3v) is 4.44. The molecule has 0 aromatic heterocycles. The molecule has 0 heterocycles. The first-order chi connectivity index (χ1) is 9.89. The number of halogens is 2. The monoisotopic (exact) mass is 318 g/mol. The predicted molar refractivity (Wildman–Crippen MR) is 73.9 cm³/mol. The second-order valence-electron chi connectivity index (χ2n) is 4.85. The fourth-order valence-electron chi connectivity index (χ4n) is 1.71. The molecule has 0 spiro atoms. The summed E-state index contributed by atoms with van der Waals surface area (Å²) in [6.07, 6.45) is 2.35. The first-order valence-corrected chi connectivity index (χ1v) is 8.09. The van der Waals surface area contributed by atoms with Crippen LogP contribution in [0.4, 0.5) is 14.5 Å². The molecule has 8 heteroatoms. The highest BCUT2D eigenvalue weighted by atomic mass is 32.2. The average molecular weight is 318 g/mol. The molecule has 2 N–H and O–H groups in total. The molecular weight excluding hydrogens is 302 g/mol. The van der Waals surface area contributed by atoms with Gasteiger partial charge in [-0.05, 0) is 37.1 Å². The number of rotatable bonds is 7. The maximum absolute atomic E-state index is 12.4. The van der Waals surface area contributed by atoms with E-state index in [1.165, 1.54) is 12.1 Å². The Hall–Kier alpha value is -1.70. The number of amides is 1. The first-order valence-electron chi connectivity index (χ1n) is 6.55. The maximum Gasteiger partial charge on any atom is 0.341 e. The van der Waals surface area contributed by atoms with Crippen LogP contribution in [-0.4, -0.2) is 32.7 Å². The normalized spacial score (nSPS) is 15.0. The van der Waals surface area contributed by atoms with Crippen molar-refractivity contribution in [3.8, 4) is 0 Å². The number of alkyl halides is 2. The van der Waals surface area contributed by atoms with Gasteiger partial charge in [-0.15, -0.1) is 0 Å². The van der Waals surface area contributed by atoms with E-state index in [0.717, 1.165) is 25.0 Å². The summed E-state index contributed by atoms with van der Waals surface area (Å²) in [5.41, 5.74) is 0.572. The van der Waals surface area contributed by atoms with E-state index in [0.29, 0.717) is 24.7 Å². The minimum Gasteiger partial charge on any atom is -0.385 e. The molecule has 1 aliphatic carbocycles. The molecule has 1 aliphatic rings. The minimum absolute atomic E-state index is 0.0399. The van der Waals surface area contributed by atoms with Crippen molar-refractivity contribution >= 4 is 21.4 Å². The smallest absolute Gasteiger partial charge is 0.341 e. The van der Waals surface area contributed by atoms with Crippen molar-refractivity contribution in [1.29, 1.82) is 0 Å². The van der Waals surface area contributed by atoms with Crippen molar-refractivity contribution in [2.75, 3.05) is 11.9 Å². The lowest BCUT2D eigenvalue weighted by Gasteiger charge is -2.08. The van der Waals surface area contributed by atoms with Gasteiger partial charge in [-0.2, -0.15) is 8.78 Å². The van der Waals surface area contributed by atoms with Gasteiger partial charge in [0.2, 0.25) is 15.7 Å². The fourth-order valence-corrected chi connectivity index (χ4v) is 2.43. The summed E-state index contributed by atoms with van der Waals surface area (Å²) in [6.45, 7) is 0.388. The number of carbonyl (C=O) groups excluding carboxylic acids is 1. The summed E-state index contributed by atoms with van der Waals surface area (Å²) < 4.78 is 47.2. The van der Waals surface area contributed by atoms with Crippen LogP contribution in [0.15, 0.2) is 29.2 Å². The highest BCUT2D eigenvalue weighted by molar-refractivity contribution is 7.91.